The Hall–Kier alpha value is -2.76. The zero-order valence-electron chi connectivity index (χ0n) is 13.9. The van der Waals surface area contributed by atoms with Crippen LogP contribution in [0, 0.1) is 0 Å². The number of aromatic nitrogens is 2. The predicted molar refractivity (Wildman–Crippen MR) is 88.1 cm³/mol. The van der Waals surface area contributed by atoms with E-state index in [1.54, 1.807) is 6.92 Å². The molecule has 1 fully saturated rings. The van der Waals surface area contributed by atoms with Crippen LogP contribution < -0.4 is 21.9 Å². The van der Waals surface area contributed by atoms with E-state index in [1.165, 1.54) is 0 Å². The molecule has 11 heteroatoms. The second-order valence-electron chi connectivity index (χ2n) is 5.54. The van der Waals surface area contributed by atoms with E-state index in [0.717, 1.165) is 29.0 Å². The number of ether oxygens (including phenoxy) is 1. The van der Waals surface area contributed by atoms with Gasteiger partial charge in [0.2, 0.25) is 11.8 Å². The maximum absolute atomic E-state index is 11.8. The average molecular weight is 368 g/mol. The molecule has 5 N–H and O–H groups in total. The van der Waals surface area contributed by atoms with Crippen LogP contribution in [-0.2, 0) is 14.3 Å². The third-order valence-electron chi connectivity index (χ3n) is 3.68. The molecule has 0 radical (unpaired) electrons. The molecule has 0 bridgehead atoms. The number of nitrogens with one attached hydrogen (secondary N) is 3. The third kappa shape index (κ3) is 4.65. The Morgan fingerprint density at radius 1 is 1.23 bits per heavy atom. The molecule has 1 aliphatic rings. The molecule has 2 heterocycles. The van der Waals surface area contributed by atoms with Gasteiger partial charge in [-0.15, -0.1) is 0 Å². The molecular formula is C15H20N4O7. The molecule has 142 valence electrons. The number of likely N-dealkylation sites (N-methyl/N-ethyl adjacent to an activating group) is 1. The predicted octanol–water partition coefficient (Wildman–Crippen LogP) is -3.04. The molecule has 0 aromatic carbocycles. The fraction of sp³-hybridized carbons (Fsp3) is 0.467. The largest absolute Gasteiger partial charge is 0.387 e. The van der Waals surface area contributed by atoms with Crippen LogP contribution >= 0.6 is 0 Å². The van der Waals surface area contributed by atoms with Gasteiger partial charge in [-0.05, 0) is 6.92 Å². The van der Waals surface area contributed by atoms with E-state index in [2.05, 4.69) is 10.6 Å². The molecule has 0 aliphatic carbocycles. The number of hydrogen-bond acceptors (Lipinski definition) is 7. The Balaban J connectivity index is 1.97. The normalized spacial score (nSPS) is 25.3. The van der Waals surface area contributed by atoms with Crippen molar-refractivity contribution < 1.29 is 24.5 Å². The molecule has 1 aromatic rings. The lowest BCUT2D eigenvalue weighted by atomic mass is 10.1. The number of aliphatic hydroxyl groups excluding tert-OH is 2. The minimum Gasteiger partial charge on any atom is -0.387 e. The first kappa shape index (κ1) is 19.6. The van der Waals surface area contributed by atoms with Crippen LogP contribution in [0.15, 0.2) is 34.0 Å². The smallest absolute Gasteiger partial charge is 0.330 e. The number of carbonyl (C=O) groups excluding carboxylic acids is 2. The first-order chi connectivity index (χ1) is 12.3. The van der Waals surface area contributed by atoms with Crippen molar-refractivity contribution in [2.45, 2.75) is 31.5 Å². The summed E-state index contributed by atoms with van der Waals surface area (Å²) in [5, 5.41) is 25.0. The van der Waals surface area contributed by atoms with Crippen LogP contribution in [-0.4, -0.2) is 63.0 Å². The standard InChI is InChI=1S/C15H20N4O7/c1-2-16-9(20)3-4-10(21)17-7-8-12(23)13(24)14(26-8)19-6-5-11(22)18-15(19)25/h3-6,8,12-14,23-24H,2,7H2,1H3,(H,16,20)(H,17,21)(H,18,22,25)/b4-3-/t8-,12-,13-,14-/m1/s1. The second kappa shape index (κ2) is 8.56. The summed E-state index contributed by atoms with van der Waals surface area (Å²) in [7, 11) is 0. The summed E-state index contributed by atoms with van der Waals surface area (Å²) >= 11 is 0. The number of hydrogen-bond donors (Lipinski definition) is 5. The number of carbonyl (C=O) groups is 2. The van der Waals surface area contributed by atoms with Crippen LogP contribution in [0.3, 0.4) is 0 Å². The number of aliphatic hydroxyl groups is 2. The number of amides is 2. The zero-order chi connectivity index (χ0) is 19.3. The van der Waals surface area contributed by atoms with Crippen molar-refractivity contribution in [1.82, 2.24) is 20.2 Å². The van der Waals surface area contributed by atoms with Crippen LogP contribution in [0.25, 0.3) is 0 Å². The van der Waals surface area contributed by atoms with E-state index in [0.29, 0.717) is 6.54 Å². The Bertz CT molecular complexity index is 800. The van der Waals surface area contributed by atoms with Gasteiger partial charge in [-0.2, -0.15) is 0 Å². The number of aromatic amines is 1. The van der Waals surface area contributed by atoms with Crippen LogP contribution in [0.2, 0.25) is 0 Å². The minimum atomic E-state index is -1.44. The van der Waals surface area contributed by atoms with Crippen LogP contribution in [0.4, 0.5) is 0 Å². The van der Waals surface area contributed by atoms with E-state index in [-0.39, 0.29) is 6.54 Å². The van der Waals surface area contributed by atoms with Crippen LogP contribution in [0.5, 0.6) is 0 Å². The number of rotatable bonds is 6. The Labute approximate surface area is 147 Å². The highest BCUT2D eigenvalue weighted by molar-refractivity contribution is 5.96. The van der Waals surface area contributed by atoms with E-state index < -0.39 is 47.6 Å². The lowest BCUT2D eigenvalue weighted by molar-refractivity contribution is -0.119. The van der Waals surface area contributed by atoms with E-state index in [1.807, 2.05) is 4.98 Å². The van der Waals surface area contributed by atoms with E-state index >= 15 is 0 Å². The molecule has 0 saturated carbocycles. The summed E-state index contributed by atoms with van der Waals surface area (Å²) in [5.41, 5.74) is -1.41. The van der Waals surface area contributed by atoms with Crippen molar-refractivity contribution in [1.29, 1.82) is 0 Å². The first-order valence-corrected chi connectivity index (χ1v) is 7.90. The van der Waals surface area contributed by atoms with E-state index in [4.69, 9.17) is 4.74 Å². The Kier molecular flexibility index (Phi) is 6.44. The molecule has 11 nitrogen and oxygen atoms in total. The maximum Gasteiger partial charge on any atom is 0.330 e. The lowest BCUT2D eigenvalue weighted by Crippen LogP contribution is -2.40. The van der Waals surface area contributed by atoms with Gasteiger partial charge in [0.25, 0.3) is 5.56 Å². The molecule has 2 amide bonds. The molecule has 1 saturated heterocycles. The van der Waals surface area contributed by atoms with Gasteiger partial charge in [-0.25, -0.2) is 4.79 Å². The van der Waals surface area contributed by atoms with Crippen molar-refractivity contribution in [3.8, 4) is 0 Å². The molecule has 4 atom stereocenters. The van der Waals surface area contributed by atoms with Crippen molar-refractivity contribution in [2.75, 3.05) is 13.1 Å². The number of H-pyrrole nitrogens is 1. The summed E-state index contributed by atoms with van der Waals surface area (Å²) in [6, 6.07) is 1.07. The van der Waals surface area contributed by atoms with Gasteiger partial charge in [0.1, 0.15) is 18.3 Å². The SMILES string of the molecule is CCNC(=O)/C=C\C(=O)NC[C@H]1O[C@@H](n2ccc(=O)[nH]c2=O)[C@H](O)[C@@H]1O. The zero-order valence-corrected chi connectivity index (χ0v) is 13.9. The summed E-state index contributed by atoms with van der Waals surface area (Å²) in [5.74, 6) is -1.01. The quantitative estimate of drug-likeness (QED) is 0.333. The second-order valence-corrected chi connectivity index (χ2v) is 5.54. The van der Waals surface area contributed by atoms with Gasteiger partial charge in [0.05, 0.1) is 0 Å². The van der Waals surface area contributed by atoms with Crippen molar-refractivity contribution in [2.24, 2.45) is 0 Å². The summed E-state index contributed by atoms with van der Waals surface area (Å²) in [6.45, 7) is 2.00. The van der Waals surface area contributed by atoms with Crippen LogP contribution in [0.1, 0.15) is 13.2 Å². The van der Waals surface area contributed by atoms with Gasteiger partial charge < -0.3 is 25.6 Å². The Morgan fingerprint density at radius 2 is 1.88 bits per heavy atom. The molecule has 1 aliphatic heterocycles. The molecular weight excluding hydrogens is 348 g/mol. The molecule has 26 heavy (non-hydrogen) atoms. The molecule has 0 spiro atoms. The molecule has 0 unspecified atom stereocenters. The highest BCUT2D eigenvalue weighted by Crippen LogP contribution is 2.27. The lowest BCUT2D eigenvalue weighted by Gasteiger charge is -2.16. The van der Waals surface area contributed by atoms with Gasteiger partial charge in [-0.1, -0.05) is 0 Å². The average Bonchev–Trinajstić information content (AvgIpc) is 2.87. The highest BCUT2D eigenvalue weighted by atomic mass is 16.6. The monoisotopic (exact) mass is 368 g/mol. The maximum atomic E-state index is 11.8. The highest BCUT2D eigenvalue weighted by Gasteiger charge is 2.44. The van der Waals surface area contributed by atoms with Gasteiger partial charge >= 0.3 is 5.69 Å². The Morgan fingerprint density at radius 3 is 2.50 bits per heavy atom. The van der Waals surface area contributed by atoms with Crippen molar-refractivity contribution in [3.63, 3.8) is 0 Å². The fourth-order valence-corrected chi connectivity index (χ4v) is 2.40. The first-order valence-electron chi connectivity index (χ1n) is 7.90. The van der Waals surface area contributed by atoms with Gasteiger partial charge in [-0.3, -0.25) is 23.9 Å². The molecule has 1 aromatic heterocycles. The van der Waals surface area contributed by atoms with Gasteiger partial charge in [0.15, 0.2) is 6.23 Å². The summed E-state index contributed by atoms with van der Waals surface area (Å²) in [6.07, 6.45) is -1.80. The topological polar surface area (TPSA) is 163 Å². The number of nitrogens with zero attached hydrogens (tertiary/aromatic N) is 1. The third-order valence-corrected chi connectivity index (χ3v) is 3.68. The molecule has 2 rings (SSSR count). The minimum absolute atomic E-state index is 0.161. The van der Waals surface area contributed by atoms with Gasteiger partial charge in [0, 0.05) is 37.5 Å². The van der Waals surface area contributed by atoms with E-state index in [9.17, 15) is 29.4 Å². The van der Waals surface area contributed by atoms with Crippen molar-refractivity contribution >= 4 is 11.8 Å². The fourth-order valence-electron chi connectivity index (χ4n) is 2.40. The summed E-state index contributed by atoms with van der Waals surface area (Å²) in [4.78, 5) is 47.8. The van der Waals surface area contributed by atoms with Crippen molar-refractivity contribution in [3.05, 3.63) is 45.3 Å². The summed E-state index contributed by atoms with van der Waals surface area (Å²) < 4.78 is 6.37.